The van der Waals surface area contributed by atoms with Crippen molar-refractivity contribution in [2.24, 2.45) is 5.92 Å². The van der Waals surface area contributed by atoms with Gasteiger partial charge in [0.1, 0.15) is 5.56 Å². The van der Waals surface area contributed by atoms with E-state index in [4.69, 9.17) is 14.2 Å². The number of aromatic nitrogens is 3. The summed E-state index contributed by atoms with van der Waals surface area (Å²) in [6, 6.07) is 6.65. The molecule has 0 unspecified atom stereocenters. The van der Waals surface area contributed by atoms with Crippen molar-refractivity contribution in [3.05, 3.63) is 41.2 Å². The fraction of sp³-hybridized carbons (Fsp3) is 0.500. The van der Waals surface area contributed by atoms with E-state index in [0.717, 1.165) is 19.4 Å². The molecule has 2 aromatic heterocycles. The summed E-state index contributed by atoms with van der Waals surface area (Å²) in [6.45, 7) is 4.90. The number of carboxylic acid groups (broad SMARTS) is 1. The lowest BCUT2D eigenvalue weighted by Crippen LogP contribution is -2.38. The van der Waals surface area contributed by atoms with Crippen LogP contribution < -0.4 is 0 Å². The molecule has 1 saturated heterocycles. The summed E-state index contributed by atoms with van der Waals surface area (Å²) in [5, 5.41) is 27.0. The lowest BCUT2D eigenvalue weighted by Gasteiger charge is -2.33. The van der Waals surface area contributed by atoms with Crippen LogP contribution in [0, 0.1) is 5.92 Å². The number of rotatable bonds is 8. The zero-order valence-corrected chi connectivity index (χ0v) is 19.8. The van der Waals surface area contributed by atoms with Crippen LogP contribution in [0.15, 0.2) is 33.3 Å². The molecule has 36 heavy (non-hydrogen) atoms. The predicted molar refractivity (Wildman–Crippen MR) is 121 cm³/mol. The van der Waals surface area contributed by atoms with Crippen LogP contribution in [0.2, 0.25) is 0 Å². The highest BCUT2D eigenvalue weighted by atomic mass is 19.4. The van der Waals surface area contributed by atoms with Crippen LogP contribution in [0.4, 0.5) is 13.2 Å². The molecule has 4 rings (SSSR count). The highest BCUT2D eigenvalue weighted by Gasteiger charge is 2.43. The van der Waals surface area contributed by atoms with Gasteiger partial charge in [-0.2, -0.15) is 18.2 Å². The van der Waals surface area contributed by atoms with E-state index < -0.39 is 41.3 Å². The van der Waals surface area contributed by atoms with E-state index in [1.807, 2.05) is 0 Å². The Bertz CT molecular complexity index is 1190. The molecule has 1 aliphatic rings. The molecular weight excluding hydrogens is 481 g/mol. The van der Waals surface area contributed by atoms with E-state index in [2.05, 4.69) is 20.2 Å². The second kappa shape index (κ2) is 10.4. The number of likely N-dealkylation sites (tertiary alicyclic amines) is 1. The highest BCUT2D eigenvalue weighted by molar-refractivity contribution is 5.67. The van der Waals surface area contributed by atoms with Crippen molar-refractivity contribution in [3.8, 4) is 23.0 Å². The molecule has 12 heteroatoms. The minimum atomic E-state index is -4.71. The van der Waals surface area contributed by atoms with Gasteiger partial charge in [-0.1, -0.05) is 48.4 Å². The molecule has 0 spiro atoms. The zero-order valence-electron chi connectivity index (χ0n) is 19.8. The molecule has 0 saturated carbocycles. The van der Waals surface area contributed by atoms with Crippen LogP contribution >= 0.6 is 0 Å². The first-order valence-corrected chi connectivity index (χ1v) is 11.7. The van der Waals surface area contributed by atoms with Crippen molar-refractivity contribution in [2.45, 2.75) is 51.3 Å². The predicted octanol–water partition coefficient (Wildman–Crippen LogP) is 4.75. The maximum Gasteiger partial charge on any atom is 0.422 e. The smallest absolute Gasteiger partial charge is 0.422 e. The Hall–Kier alpha value is -3.25. The van der Waals surface area contributed by atoms with Crippen molar-refractivity contribution in [2.75, 3.05) is 19.6 Å². The van der Waals surface area contributed by atoms with Gasteiger partial charge in [-0.25, -0.2) is 0 Å². The Morgan fingerprint density at radius 2 is 1.92 bits per heavy atom. The summed E-state index contributed by atoms with van der Waals surface area (Å²) in [6.07, 6.45) is -3.64. The van der Waals surface area contributed by atoms with E-state index >= 15 is 0 Å². The molecule has 9 nitrogen and oxygen atoms in total. The van der Waals surface area contributed by atoms with Crippen LogP contribution in [0.5, 0.6) is 0 Å². The number of alkyl halides is 3. The van der Waals surface area contributed by atoms with Crippen molar-refractivity contribution < 1.29 is 37.2 Å². The van der Waals surface area contributed by atoms with Crippen molar-refractivity contribution >= 4 is 5.97 Å². The van der Waals surface area contributed by atoms with Gasteiger partial charge in [0.25, 0.3) is 5.89 Å². The van der Waals surface area contributed by atoms with Gasteiger partial charge in [0.2, 0.25) is 5.82 Å². The number of aliphatic carboxylic acids is 1. The molecule has 0 amide bonds. The highest BCUT2D eigenvalue weighted by Crippen LogP contribution is 2.41. The standard InChI is InChI=1S/C24H27F3N4O5/c1-13(2)21-19(24(25,26)27)20(29-35-21)23-28-22(30-36-23)16-7-5-15(6-8-16)17(32)12-31-9-3-4-14(11-31)10-18(33)34/h5-8,13-14,17,32H,3-4,9-12H2,1-2H3,(H,33,34)/t14-,17-/m1/s1. The van der Waals surface area contributed by atoms with E-state index in [-0.39, 0.29) is 23.9 Å². The quantitative estimate of drug-likeness (QED) is 0.443. The minimum absolute atomic E-state index is 0.0671. The normalized spacial score (nSPS) is 18.0. The number of carboxylic acids is 1. The number of aliphatic hydroxyl groups excluding tert-OH is 1. The topological polar surface area (TPSA) is 126 Å². The molecule has 2 atom stereocenters. The number of benzene rings is 1. The largest absolute Gasteiger partial charge is 0.481 e. The average Bonchev–Trinajstić information content (AvgIpc) is 3.46. The van der Waals surface area contributed by atoms with Gasteiger partial charge in [-0.05, 0) is 30.9 Å². The molecule has 1 aliphatic heterocycles. The number of piperidine rings is 1. The maximum absolute atomic E-state index is 13.6. The third-order valence-corrected chi connectivity index (χ3v) is 6.21. The monoisotopic (exact) mass is 508 g/mol. The second-order valence-corrected chi connectivity index (χ2v) is 9.35. The summed E-state index contributed by atoms with van der Waals surface area (Å²) in [5.74, 6) is -1.94. The molecule has 3 heterocycles. The van der Waals surface area contributed by atoms with Gasteiger partial charge in [-0.3, -0.25) is 4.79 Å². The number of halogens is 3. The van der Waals surface area contributed by atoms with E-state index in [1.165, 1.54) is 0 Å². The van der Waals surface area contributed by atoms with Crippen molar-refractivity contribution in [1.82, 2.24) is 20.2 Å². The maximum atomic E-state index is 13.6. The molecule has 0 radical (unpaired) electrons. The zero-order chi connectivity index (χ0) is 26.0. The Balaban J connectivity index is 1.46. The summed E-state index contributed by atoms with van der Waals surface area (Å²) < 4.78 is 50.9. The molecule has 2 N–H and O–H groups in total. The number of nitrogens with zero attached hydrogens (tertiary/aromatic N) is 4. The van der Waals surface area contributed by atoms with Gasteiger partial charge in [0.05, 0.1) is 6.10 Å². The van der Waals surface area contributed by atoms with Crippen LogP contribution in [0.3, 0.4) is 0 Å². The Morgan fingerprint density at radius 3 is 2.56 bits per heavy atom. The van der Waals surface area contributed by atoms with Crippen LogP contribution in [-0.2, 0) is 11.0 Å². The molecule has 1 fully saturated rings. The number of aliphatic hydroxyl groups is 1. The number of hydrogen-bond acceptors (Lipinski definition) is 8. The first kappa shape index (κ1) is 25.8. The fourth-order valence-corrected chi connectivity index (χ4v) is 4.49. The molecule has 0 bridgehead atoms. The van der Waals surface area contributed by atoms with E-state index in [9.17, 15) is 23.1 Å². The van der Waals surface area contributed by atoms with Gasteiger partial charge < -0.3 is 24.2 Å². The molecule has 3 aromatic rings. The molecular formula is C24H27F3N4O5. The number of β-amino-alcohol motifs (C(OH)–C–C–N with tert-alkyl or cyclic N) is 1. The minimum Gasteiger partial charge on any atom is -0.481 e. The lowest BCUT2D eigenvalue weighted by atomic mass is 9.94. The molecule has 194 valence electrons. The second-order valence-electron chi connectivity index (χ2n) is 9.35. The molecule has 0 aliphatic carbocycles. The first-order valence-electron chi connectivity index (χ1n) is 11.7. The Kier molecular flexibility index (Phi) is 7.46. The van der Waals surface area contributed by atoms with Crippen LogP contribution in [0.1, 0.15) is 62.0 Å². The summed E-state index contributed by atoms with van der Waals surface area (Å²) in [5.41, 5.74) is -0.462. The van der Waals surface area contributed by atoms with Gasteiger partial charge >= 0.3 is 12.1 Å². The van der Waals surface area contributed by atoms with Crippen LogP contribution in [0.25, 0.3) is 23.0 Å². The van der Waals surface area contributed by atoms with Gasteiger partial charge in [0, 0.05) is 31.0 Å². The van der Waals surface area contributed by atoms with Crippen LogP contribution in [-0.4, -0.2) is 56.0 Å². The fourth-order valence-electron chi connectivity index (χ4n) is 4.49. The number of hydrogen-bond donors (Lipinski definition) is 2. The third kappa shape index (κ3) is 5.76. The van der Waals surface area contributed by atoms with Crippen molar-refractivity contribution in [3.63, 3.8) is 0 Å². The number of carbonyl (C=O) groups is 1. The average molecular weight is 508 g/mol. The summed E-state index contributed by atoms with van der Waals surface area (Å²) in [4.78, 5) is 17.1. The van der Waals surface area contributed by atoms with Gasteiger partial charge in [-0.15, -0.1) is 0 Å². The lowest BCUT2D eigenvalue weighted by molar-refractivity contribution is -0.139. The summed E-state index contributed by atoms with van der Waals surface area (Å²) >= 11 is 0. The first-order chi connectivity index (χ1) is 17.0. The van der Waals surface area contributed by atoms with Gasteiger partial charge in [0.15, 0.2) is 11.5 Å². The molecule has 1 aromatic carbocycles. The third-order valence-electron chi connectivity index (χ3n) is 6.21. The summed E-state index contributed by atoms with van der Waals surface area (Å²) in [7, 11) is 0. The SMILES string of the molecule is CC(C)c1onc(-c2nc(-c3ccc([C@H](O)CN4CCC[C@H](CC(=O)O)C4)cc3)no2)c1C(F)(F)F. The van der Waals surface area contributed by atoms with E-state index in [1.54, 1.807) is 38.1 Å². The Labute approximate surface area is 204 Å². The van der Waals surface area contributed by atoms with E-state index in [0.29, 0.717) is 24.2 Å². The Morgan fingerprint density at radius 1 is 1.19 bits per heavy atom. The van der Waals surface area contributed by atoms with Crippen molar-refractivity contribution in [1.29, 1.82) is 0 Å².